The molecule has 0 radical (unpaired) electrons. The van der Waals surface area contributed by atoms with Gasteiger partial charge in [0, 0.05) is 18.5 Å². The van der Waals surface area contributed by atoms with Crippen LogP contribution in [0.3, 0.4) is 0 Å². The first-order valence-electron chi connectivity index (χ1n) is 9.17. The van der Waals surface area contributed by atoms with Crippen molar-refractivity contribution in [2.24, 2.45) is 0 Å². The van der Waals surface area contributed by atoms with Gasteiger partial charge in [-0.2, -0.15) is 4.98 Å². The Labute approximate surface area is 162 Å². The molecule has 0 spiro atoms. The summed E-state index contributed by atoms with van der Waals surface area (Å²) in [6.07, 6.45) is 3.21. The molecule has 0 fully saturated rings. The second-order valence-corrected chi connectivity index (χ2v) is 6.29. The molecule has 0 atom stereocenters. The van der Waals surface area contributed by atoms with Crippen molar-refractivity contribution in [3.8, 4) is 17.1 Å². The number of benzene rings is 2. The molecule has 2 aromatic carbocycles. The van der Waals surface area contributed by atoms with Gasteiger partial charge in [0.2, 0.25) is 11.7 Å². The van der Waals surface area contributed by atoms with E-state index in [1.807, 2.05) is 24.3 Å². The van der Waals surface area contributed by atoms with E-state index >= 15 is 0 Å². The minimum absolute atomic E-state index is 0.0689. The van der Waals surface area contributed by atoms with Crippen molar-refractivity contribution in [3.63, 3.8) is 0 Å². The molecular formula is C21H22FN3O3. The first kappa shape index (κ1) is 19.5. The summed E-state index contributed by atoms with van der Waals surface area (Å²) in [5.41, 5.74) is 0.936. The molecule has 1 N–H and O–H groups in total. The Morgan fingerprint density at radius 3 is 2.64 bits per heavy atom. The minimum Gasteiger partial charge on any atom is -0.497 e. The molecule has 1 aromatic heterocycles. The van der Waals surface area contributed by atoms with E-state index in [1.165, 1.54) is 12.1 Å². The predicted molar refractivity (Wildman–Crippen MR) is 103 cm³/mol. The summed E-state index contributed by atoms with van der Waals surface area (Å²) < 4.78 is 23.9. The molecular weight excluding hydrogens is 361 g/mol. The Hall–Kier alpha value is -3.22. The molecule has 3 aromatic rings. The van der Waals surface area contributed by atoms with Gasteiger partial charge in [-0.1, -0.05) is 23.7 Å². The highest BCUT2D eigenvalue weighted by Gasteiger charge is 2.10. The Morgan fingerprint density at radius 1 is 1.11 bits per heavy atom. The lowest BCUT2D eigenvalue weighted by molar-refractivity contribution is 0.0949. The van der Waals surface area contributed by atoms with Gasteiger partial charge in [-0.25, -0.2) is 4.39 Å². The smallest absolute Gasteiger partial charge is 0.254 e. The van der Waals surface area contributed by atoms with E-state index in [2.05, 4.69) is 15.5 Å². The lowest BCUT2D eigenvalue weighted by Gasteiger charge is -2.05. The zero-order valence-electron chi connectivity index (χ0n) is 15.7. The van der Waals surface area contributed by atoms with Crippen LogP contribution in [0.25, 0.3) is 11.4 Å². The van der Waals surface area contributed by atoms with E-state index in [0.29, 0.717) is 24.7 Å². The third-order valence-electron chi connectivity index (χ3n) is 4.29. The second-order valence-electron chi connectivity index (χ2n) is 6.29. The van der Waals surface area contributed by atoms with Crippen molar-refractivity contribution < 1.29 is 18.4 Å². The fourth-order valence-electron chi connectivity index (χ4n) is 2.73. The number of halogens is 1. The molecule has 1 amide bonds. The molecule has 3 rings (SSSR count). The Kier molecular flexibility index (Phi) is 6.73. The van der Waals surface area contributed by atoms with Gasteiger partial charge >= 0.3 is 0 Å². The SMILES string of the molecule is COc1ccc(-c2noc(CCCCCNC(=O)c3ccccc3F)n2)cc1. The fourth-order valence-corrected chi connectivity index (χ4v) is 2.73. The van der Waals surface area contributed by atoms with Gasteiger partial charge in [-0.3, -0.25) is 4.79 Å². The number of carbonyl (C=O) groups is 1. The van der Waals surface area contributed by atoms with Gasteiger partial charge in [-0.05, 0) is 49.2 Å². The number of ether oxygens (including phenoxy) is 1. The topological polar surface area (TPSA) is 77.3 Å². The van der Waals surface area contributed by atoms with Gasteiger partial charge in [0.15, 0.2) is 0 Å². The van der Waals surface area contributed by atoms with Gasteiger partial charge in [0.05, 0.1) is 12.7 Å². The number of hydrogen-bond donors (Lipinski definition) is 1. The molecule has 7 heteroatoms. The van der Waals surface area contributed by atoms with Crippen LogP contribution in [0, 0.1) is 5.82 Å². The van der Waals surface area contributed by atoms with Gasteiger partial charge in [0.1, 0.15) is 11.6 Å². The van der Waals surface area contributed by atoms with Gasteiger partial charge < -0.3 is 14.6 Å². The van der Waals surface area contributed by atoms with Crippen LogP contribution in [0.5, 0.6) is 5.75 Å². The molecule has 1 heterocycles. The second kappa shape index (κ2) is 9.64. The average molecular weight is 383 g/mol. The number of nitrogens with zero attached hydrogens (tertiary/aromatic N) is 2. The van der Waals surface area contributed by atoms with Crippen LogP contribution < -0.4 is 10.1 Å². The molecule has 146 valence electrons. The van der Waals surface area contributed by atoms with Crippen molar-refractivity contribution in [1.29, 1.82) is 0 Å². The molecule has 0 aliphatic carbocycles. The summed E-state index contributed by atoms with van der Waals surface area (Å²) in [5, 5.41) is 6.74. The maximum absolute atomic E-state index is 13.5. The summed E-state index contributed by atoms with van der Waals surface area (Å²) in [6, 6.07) is 13.4. The Balaban J connectivity index is 1.37. The van der Waals surface area contributed by atoms with Crippen molar-refractivity contribution >= 4 is 5.91 Å². The molecule has 0 saturated heterocycles. The highest BCUT2D eigenvalue weighted by Crippen LogP contribution is 2.20. The van der Waals surface area contributed by atoms with Crippen molar-refractivity contribution in [2.75, 3.05) is 13.7 Å². The van der Waals surface area contributed by atoms with E-state index in [1.54, 1.807) is 19.2 Å². The van der Waals surface area contributed by atoms with Crippen LogP contribution in [-0.2, 0) is 6.42 Å². The Morgan fingerprint density at radius 2 is 1.89 bits per heavy atom. The summed E-state index contributed by atoms with van der Waals surface area (Å²) in [5.74, 6) is 1.01. The molecule has 28 heavy (non-hydrogen) atoms. The number of rotatable bonds is 9. The number of hydrogen-bond acceptors (Lipinski definition) is 5. The van der Waals surface area contributed by atoms with Crippen molar-refractivity contribution in [1.82, 2.24) is 15.5 Å². The van der Waals surface area contributed by atoms with Crippen LogP contribution >= 0.6 is 0 Å². The standard InChI is InChI=1S/C21H22FN3O3/c1-27-16-12-10-15(11-13-16)20-24-19(28-25-20)9-3-2-6-14-23-21(26)17-7-4-5-8-18(17)22/h4-5,7-8,10-13H,2-3,6,9,14H2,1H3,(H,23,26). The van der Waals surface area contributed by atoms with Crippen LogP contribution in [-0.4, -0.2) is 29.7 Å². The van der Waals surface area contributed by atoms with E-state index in [4.69, 9.17) is 9.26 Å². The average Bonchev–Trinajstić information content (AvgIpc) is 3.19. The largest absolute Gasteiger partial charge is 0.497 e. The van der Waals surface area contributed by atoms with Crippen LogP contribution in [0.4, 0.5) is 4.39 Å². The van der Waals surface area contributed by atoms with Crippen LogP contribution in [0.2, 0.25) is 0 Å². The number of amides is 1. The lowest BCUT2D eigenvalue weighted by atomic mass is 10.1. The number of aryl methyl sites for hydroxylation is 1. The number of nitrogens with one attached hydrogen (secondary N) is 1. The highest BCUT2D eigenvalue weighted by atomic mass is 19.1. The Bertz CT molecular complexity index is 909. The summed E-state index contributed by atoms with van der Waals surface area (Å²) >= 11 is 0. The normalized spacial score (nSPS) is 10.6. The maximum atomic E-state index is 13.5. The molecule has 0 unspecified atom stereocenters. The van der Waals surface area contributed by atoms with Crippen molar-refractivity contribution in [2.45, 2.75) is 25.7 Å². The molecule has 0 saturated carbocycles. The van der Waals surface area contributed by atoms with Crippen LogP contribution in [0.1, 0.15) is 35.5 Å². The summed E-state index contributed by atoms with van der Waals surface area (Å²) in [6.45, 7) is 0.494. The minimum atomic E-state index is -0.510. The van der Waals surface area contributed by atoms with Crippen LogP contribution in [0.15, 0.2) is 53.1 Å². The third kappa shape index (κ3) is 5.16. The van der Waals surface area contributed by atoms with E-state index in [-0.39, 0.29) is 11.5 Å². The fraction of sp³-hybridized carbons (Fsp3) is 0.286. The quantitative estimate of drug-likeness (QED) is 0.565. The number of unbranched alkanes of at least 4 members (excludes halogenated alkanes) is 2. The molecule has 0 bridgehead atoms. The van der Waals surface area contributed by atoms with E-state index < -0.39 is 5.82 Å². The van der Waals surface area contributed by atoms with E-state index in [9.17, 15) is 9.18 Å². The lowest BCUT2D eigenvalue weighted by Crippen LogP contribution is -2.25. The summed E-state index contributed by atoms with van der Waals surface area (Å²) in [7, 11) is 1.62. The monoisotopic (exact) mass is 383 g/mol. The highest BCUT2D eigenvalue weighted by molar-refractivity contribution is 5.94. The number of carbonyl (C=O) groups excluding carboxylic acids is 1. The zero-order valence-corrected chi connectivity index (χ0v) is 15.7. The number of methoxy groups -OCH3 is 1. The zero-order chi connectivity index (χ0) is 19.8. The van der Waals surface area contributed by atoms with Crippen molar-refractivity contribution in [3.05, 3.63) is 65.8 Å². The first-order valence-corrected chi connectivity index (χ1v) is 9.17. The predicted octanol–water partition coefficient (Wildman–Crippen LogP) is 4.03. The third-order valence-corrected chi connectivity index (χ3v) is 4.29. The molecule has 6 nitrogen and oxygen atoms in total. The van der Waals surface area contributed by atoms with Gasteiger partial charge in [0.25, 0.3) is 5.91 Å². The van der Waals surface area contributed by atoms with E-state index in [0.717, 1.165) is 30.6 Å². The summed E-state index contributed by atoms with van der Waals surface area (Å²) in [4.78, 5) is 16.3. The van der Waals surface area contributed by atoms with Gasteiger partial charge in [-0.15, -0.1) is 0 Å². The maximum Gasteiger partial charge on any atom is 0.254 e. The molecule has 0 aliphatic rings. The number of aromatic nitrogens is 2. The molecule has 0 aliphatic heterocycles. The first-order chi connectivity index (χ1) is 13.7.